The second-order valence-electron chi connectivity index (χ2n) is 2.82. The van der Waals surface area contributed by atoms with Crippen LogP contribution in [0, 0.1) is 0 Å². The van der Waals surface area contributed by atoms with Crippen LogP contribution in [0.25, 0.3) is 11.5 Å². The molecule has 0 unspecified atom stereocenters. The van der Waals surface area contributed by atoms with Gasteiger partial charge in [-0.25, -0.2) is 0 Å². The van der Waals surface area contributed by atoms with Crippen molar-refractivity contribution in [1.29, 1.82) is 0 Å². The minimum Gasteiger partial charge on any atom is -0.494 e. The zero-order chi connectivity index (χ0) is 10.7. The van der Waals surface area contributed by atoms with Crippen LogP contribution in [-0.4, -0.2) is 16.8 Å². The molecule has 0 aliphatic rings. The van der Waals surface area contributed by atoms with Gasteiger partial charge in [0.1, 0.15) is 5.75 Å². The molecule has 0 amide bonds. The van der Waals surface area contributed by atoms with Crippen molar-refractivity contribution in [2.24, 2.45) is 0 Å². The summed E-state index contributed by atoms with van der Waals surface area (Å²) in [5.74, 6) is 1.16. The Hall–Kier alpha value is -1.55. The van der Waals surface area contributed by atoms with Crippen LogP contribution in [0.2, 0.25) is 5.35 Å². The highest BCUT2D eigenvalue weighted by atomic mass is 35.5. The lowest BCUT2D eigenvalue weighted by Crippen LogP contribution is -1.91. The Morgan fingerprint density at radius 3 is 2.93 bits per heavy atom. The van der Waals surface area contributed by atoms with Gasteiger partial charge >= 0.3 is 5.35 Å². The van der Waals surface area contributed by atoms with Gasteiger partial charge in [-0.2, -0.15) is 0 Å². The molecule has 0 spiro atoms. The van der Waals surface area contributed by atoms with Gasteiger partial charge in [0, 0.05) is 5.56 Å². The van der Waals surface area contributed by atoms with Crippen molar-refractivity contribution < 1.29 is 9.15 Å². The van der Waals surface area contributed by atoms with Crippen molar-refractivity contribution >= 4 is 11.6 Å². The van der Waals surface area contributed by atoms with E-state index in [1.54, 1.807) is 0 Å². The number of nitrogens with zero attached hydrogens (tertiary/aromatic N) is 2. The second-order valence-corrected chi connectivity index (χ2v) is 3.14. The second kappa shape index (κ2) is 4.31. The van der Waals surface area contributed by atoms with Gasteiger partial charge in [-0.15, -0.1) is 5.10 Å². The Kier molecular flexibility index (Phi) is 2.87. The van der Waals surface area contributed by atoms with E-state index in [1.807, 2.05) is 31.2 Å². The molecule has 0 bridgehead atoms. The van der Waals surface area contributed by atoms with Crippen LogP contribution in [0.15, 0.2) is 28.7 Å². The summed E-state index contributed by atoms with van der Waals surface area (Å²) in [5.41, 5.74) is 0.792. The van der Waals surface area contributed by atoms with Crippen LogP contribution in [0.1, 0.15) is 6.92 Å². The number of hydrogen-bond donors (Lipinski definition) is 0. The van der Waals surface area contributed by atoms with Crippen LogP contribution in [0.3, 0.4) is 0 Å². The highest BCUT2D eigenvalue weighted by Crippen LogP contribution is 2.23. The number of aromatic nitrogens is 2. The third-order valence-electron chi connectivity index (χ3n) is 1.79. The van der Waals surface area contributed by atoms with E-state index in [1.165, 1.54) is 0 Å². The van der Waals surface area contributed by atoms with Crippen LogP contribution in [-0.2, 0) is 0 Å². The van der Waals surface area contributed by atoms with Crippen molar-refractivity contribution in [3.63, 3.8) is 0 Å². The molecule has 0 fully saturated rings. The molecule has 2 aromatic rings. The maximum Gasteiger partial charge on any atom is 0.313 e. The summed E-state index contributed by atoms with van der Waals surface area (Å²) < 4.78 is 10.4. The van der Waals surface area contributed by atoms with E-state index in [-0.39, 0.29) is 5.35 Å². The summed E-state index contributed by atoms with van der Waals surface area (Å²) in [7, 11) is 0. The molecule has 4 nitrogen and oxygen atoms in total. The summed E-state index contributed by atoms with van der Waals surface area (Å²) in [5, 5.41) is 7.39. The zero-order valence-corrected chi connectivity index (χ0v) is 8.86. The summed E-state index contributed by atoms with van der Waals surface area (Å²) in [6.45, 7) is 2.55. The summed E-state index contributed by atoms with van der Waals surface area (Å²) in [4.78, 5) is 0. The minimum absolute atomic E-state index is 0.0341. The Bertz CT molecular complexity index is 456. The summed E-state index contributed by atoms with van der Waals surface area (Å²) >= 11 is 5.54. The first-order valence-electron chi connectivity index (χ1n) is 4.52. The lowest BCUT2D eigenvalue weighted by molar-refractivity contribution is 0.340. The molecule has 0 saturated heterocycles. The van der Waals surface area contributed by atoms with Gasteiger partial charge in [-0.3, -0.25) is 0 Å². The Labute approximate surface area is 91.8 Å². The molecule has 0 atom stereocenters. The van der Waals surface area contributed by atoms with Gasteiger partial charge in [-0.1, -0.05) is 11.2 Å². The number of ether oxygens (including phenoxy) is 1. The normalized spacial score (nSPS) is 10.3. The first-order valence-corrected chi connectivity index (χ1v) is 4.89. The SMILES string of the molecule is CCOc1cccc(-c2nnc(Cl)o2)c1. The monoisotopic (exact) mass is 224 g/mol. The predicted molar refractivity (Wildman–Crippen MR) is 55.9 cm³/mol. The molecule has 2 rings (SSSR count). The predicted octanol–water partition coefficient (Wildman–Crippen LogP) is 2.79. The van der Waals surface area contributed by atoms with Crippen LogP contribution < -0.4 is 4.74 Å². The Morgan fingerprint density at radius 2 is 2.27 bits per heavy atom. The first-order chi connectivity index (χ1) is 7.29. The van der Waals surface area contributed by atoms with E-state index >= 15 is 0 Å². The van der Waals surface area contributed by atoms with Crippen LogP contribution in [0.4, 0.5) is 0 Å². The molecule has 15 heavy (non-hydrogen) atoms. The third-order valence-corrected chi connectivity index (χ3v) is 1.95. The van der Waals surface area contributed by atoms with Gasteiger partial charge in [0.25, 0.3) is 0 Å². The molecule has 0 radical (unpaired) electrons. The average molecular weight is 225 g/mol. The van der Waals surface area contributed by atoms with Gasteiger partial charge < -0.3 is 9.15 Å². The summed E-state index contributed by atoms with van der Waals surface area (Å²) in [6, 6.07) is 7.41. The molecule has 1 aromatic heterocycles. The molecule has 78 valence electrons. The molecule has 0 N–H and O–H groups in total. The maximum absolute atomic E-state index is 5.54. The summed E-state index contributed by atoms with van der Waals surface area (Å²) in [6.07, 6.45) is 0. The van der Waals surface area contributed by atoms with E-state index in [0.29, 0.717) is 12.5 Å². The van der Waals surface area contributed by atoms with E-state index < -0.39 is 0 Å². The standard InChI is InChI=1S/C10H9ClN2O2/c1-2-14-8-5-3-4-7(6-8)9-12-13-10(11)15-9/h3-6H,2H2,1H3. The topological polar surface area (TPSA) is 48.2 Å². The zero-order valence-electron chi connectivity index (χ0n) is 8.11. The van der Waals surface area contributed by atoms with Crippen LogP contribution >= 0.6 is 11.6 Å². The quantitative estimate of drug-likeness (QED) is 0.804. The Morgan fingerprint density at radius 1 is 1.40 bits per heavy atom. The third kappa shape index (κ3) is 2.27. The minimum atomic E-state index is 0.0341. The molecule has 5 heteroatoms. The largest absolute Gasteiger partial charge is 0.494 e. The fourth-order valence-electron chi connectivity index (χ4n) is 1.21. The van der Waals surface area contributed by atoms with Crippen molar-refractivity contribution in [1.82, 2.24) is 10.2 Å². The number of rotatable bonds is 3. The van der Waals surface area contributed by atoms with Crippen molar-refractivity contribution in [2.75, 3.05) is 6.61 Å². The molecule has 0 aliphatic heterocycles. The van der Waals surface area contributed by atoms with Crippen molar-refractivity contribution in [3.8, 4) is 17.2 Å². The van der Waals surface area contributed by atoms with E-state index in [2.05, 4.69) is 10.2 Å². The van der Waals surface area contributed by atoms with Crippen molar-refractivity contribution in [3.05, 3.63) is 29.6 Å². The van der Waals surface area contributed by atoms with Gasteiger partial charge in [0.05, 0.1) is 6.61 Å². The van der Waals surface area contributed by atoms with E-state index in [4.69, 9.17) is 20.8 Å². The van der Waals surface area contributed by atoms with Gasteiger partial charge in [0.2, 0.25) is 5.89 Å². The maximum atomic E-state index is 5.54. The number of benzene rings is 1. The molecule has 0 aliphatic carbocycles. The smallest absolute Gasteiger partial charge is 0.313 e. The van der Waals surface area contributed by atoms with Crippen LogP contribution in [0.5, 0.6) is 5.75 Å². The Balaban J connectivity index is 2.32. The van der Waals surface area contributed by atoms with E-state index in [0.717, 1.165) is 11.3 Å². The molecule has 1 aromatic carbocycles. The molecule has 1 heterocycles. The fourth-order valence-corrected chi connectivity index (χ4v) is 1.32. The number of hydrogen-bond acceptors (Lipinski definition) is 4. The lowest BCUT2D eigenvalue weighted by Gasteiger charge is -2.02. The first kappa shape index (κ1) is 9.98. The molecular weight excluding hydrogens is 216 g/mol. The van der Waals surface area contributed by atoms with Crippen molar-refractivity contribution in [2.45, 2.75) is 6.92 Å². The fraction of sp³-hybridized carbons (Fsp3) is 0.200. The number of halogens is 1. The molecular formula is C10H9ClN2O2. The van der Waals surface area contributed by atoms with E-state index in [9.17, 15) is 0 Å². The molecule has 0 saturated carbocycles. The van der Waals surface area contributed by atoms with Gasteiger partial charge in [-0.05, 0) is 36.7 Å². The average Bonchev–Trinajstić information content (AvgIpc) is 2.66. The highest BCUT2D eigenvalue weighted by molar-refractivity contribution is 6.27. The lowest BCUT2D eigenvalue weighted by atomic mass is 10.2. The highest BCUT2D eigenvalue weighted by Gasteiger charge is 2.07. The van der Waals surface area contributed by atoms with Gasteiger partial charge in [0.15, 0.2) is 0 Å².